The number of ether oxygens (including phenoxy) is 2. The number of anilines is 3. The summed E-state index contributed by atoms with van der Waals surface area (Å²) in [5, 5.41) is 2.90. The molecule has 3 aromatic rings. The number of hydrazine groups is 1. The van der Waals surface area contributed by atoms with E-state index in [-0.39, 0.29) is 11.7 Å². The van der Waals surface area contributed by atoms with Crippen molar-refractivity contribution in [2.45, 2.75) is 6.42 Å². The van der Waals surface area contributed by atoms with Gasteiger partial charge in [-0.15, -0.1) is 0 Å². The molecule has 160 valence electrons. The van der Waals surface area contributed by atoms with Gasteiger partial charge in [0.05, 0.1) is 31.2 Å². The number of carbonyl (C=O) groups is 1. The Kier molecular flexibility index (Phi) is 6.30. The van der Waals surface area contributed by atoms with E-state index in [2.05, 4.69) is 15.7 Å². The van der Waals surface area contributed by atoms with Crippen molar-refractivity contribution in [1.29, 1.82) is 0 Å². The fraction of sp³-hybridized carbons (Fsp3) is 0.217. The lowest BCUT2D eigenvalue weighted by Crippen LogP contribution is -2.28. The summed E-state index contributed by atoms with van der Waals surface area (Å²) in [6.45, 7) is 2.32. The maximum Gasteiger partial charge on any atom is 0.255 e. The normalized spacial score (nSPS) is 13.3. The molecule has 1 saturated heterocycles. The van der Waals surface area contributed by atoms with E-state index in [9.17, 15) is 4.79 Å². The van der Waals surface area contributed by atoms with E-state index < -0.39 is 0 Å². The molecule has 1 aliphatic rings. The van der Waals surface area contributed by atoms with Crippen molar-refractivity contribution in [3.8, 4) is 17.0 Å². The third-order valence-electron chi connectivity index (χ3n) is 5.11. The Balaban J connectivity index is 1.38. The number of aromatic nitrogens is 1. The van der Waals surface area contributed by atoms with Gasteiger partial charge in [0.1, 0.15) is 11.6 Å². The highest BCUT2D eigenvalue weighted by molar-refractivity contribution is 6.04. The number of nitrogens with one attached hydrogen (secondary N) is 2. The van der Waals surface area contributed by atoms with Crippen molar-refractivity contribution in [2.75, 3.05) is 36.3 Å². The number of carbonyl (C=O) groups excluding carboxylic acids is 1. The third kappa shape index (κ3) is 5.11. The first-order chi connectivity index (χ1) is 15.1. The standard InChI is InChI=1S/C23H25N5O3/c24-22-21(28-25)9-8-20(27-22)16-2-1-3-17(12-16)23(29)26-18-4-6-19(7-5-18)31-11-10-15-13-30-14-15/h1-9,12,15,28H,10-11,13-14,25H2,(H2,24,27)(H,26,29). The van der Waals surface area contributed by atoms with E-state index in [0.29, 0.717) is 35.2 Å². The molecule has 0 radical (unpaired) electrons. The summed E-state index contributed by atoms with van der Waals surface area (Å²) >= 11 is 0. The molecule has 1 amide bonds. The van der Waals surface area contributed by atoms with Crippen molar-refractivity contribution in [2.24, 2.45) is 11.8 Å². The largest absolute Gasteiger partial charge is 0.494 e. The van der Waals surface area contributed by atoms with E-state index in [0.717, 1.165) is 30.9 Å². The molecule has 0 unspecified atom stereocenters. The van der Waals surface area contributed by atoms with Gasteiger partial charge >= 0.3 is 0 Å². The van der Waals surface area contributed by atoms with Gasteiger partial charge in [0.25, 0.3) is 5.91 Å². The number of amides is 1. The van der Waals surface area contributed by atoms with Gasteiger partial charge in [-0.2, -0.15) is 0 Å². The first-order valence-electron chi connectivity index (χ1n) is 10.1. The van der Waals surface area contributed by atoms with Crippen LogP contribution in [-0.2, 0) is 4.74 Å². The zero-order chi connectivity index (χ0) is 21.6. The lowest BCUT2D eigenvalue weighted by molar-refractivity contribution is -0.0401. The van der Waals surface area contributed by atoms with Gasteiger partial charge in [-0.1, -0.05) is 12.1 Å². The average molecular weight is 419 g/mol. The summed E-state index contributed by atoms with van der Waals surface area (Å²) in [4.78, 5) is 17.0. The topological polar surface area (TPSA) is 125 Å². The molecule has 8 heteroatoms. The molecule has 0 saturated carbocycles. The summed E-state index contributed by atoms with van der Waals surface area (Å²) < 4.78 is 10.9. The zero-order valence-corrected chi connectivity index (χ0v) is 17.0. The first kappa shape index (κ1) is 20.6. The Bertz CT molecular complexity index is 1050. The fourth-order valence-electron chi connectivity index (χ4n) is 3.21. The molecule has 0 atom stereocenters. The molecule has 1 aromatic heterocycles. The van der Waals surface area contributed by atoms with Gasteiger partial charge in [-0.05, 0) is 55.0 Å². The Morgan fingerprint density at radius 3 is 2.61 bits per heavy atom. The van der Waals surface area contributed by atoms with Gasteiger partial charge in [0.2, 0.25) is 0 Å². The molecule has 0 aliphatic carbocycles. The summed E-state index contributed by atoms with van der Waals surface area (Å²) in [6.07, 6.45) is 0.987. The minimum atomic E-state index is -0.214. The van der Waals surface area contributed by atoms with Crippen LogP contribution in [-0.4, -0.2) is 30.7 Å². The Morgan fingerprint density at radius 2 is 1.94 bits per heavy atom. The highest BCUT2D eigenvalue weighted by Crippen LogP contribution is 2.24. The number of rotatable bonds is 8. The number of benzene rings is 2. The van der Waals surface area contributed by atoms with E-state index >= 15 is 0 Å². The first-order valence-corrected chi connectivity index (χ1v) is 10.1. The SMILES string of the molecule is NNc1ccc(-c2cccc(C(=O)Nc3ccc(OCCC4COC4)cc3)c2)nc1N. The van der Waals surface area contributed by atoms with E-state index in [1.54, 1.807) is 30.3 Å². The summed E-state index contributed by atoms with van der Waals surface area (Å²) in [5.41, 5.74) is 11.6. The second-order valence-corrected chi connectivity index (χ2v) is 7.37. The number of nitrogens with two attached hydrogens (primary N) is 2. The minimum absolute atomic E-state index is 0.214. The van der Waals surface area contributed by atoms with Crippen molar-refractivity contribution in [1.82, 2.24) is 4.98 Å². The predicted octanol–water partition coefficient (Wildman–Crippen LogP) is 3.28. The molecule has 6 N–H and O–H groups in total. The van der Waals surface area contributed by atoms with Crippen LogP contribution in [0.4, 0.5) is 17.2 Å². The minimum Gasteiger partial charge on any atom is -0.494 e. The second-order valence-electron chi connectivity index (χ2n) is 7.37. The van der Waals surface area contributed by atoms with Gasteiger partial charge in [-0.3, -0.25) is 10.6 Å². The maximum atomic E-state index is 12.7. The fourth-order valence-corrected chi connectivity index (χ4v) is 3.21. The number of nitrogen functional groups attached to an aromatic ring is 2. The molecule has 0 spiro atoms. The lowest BCUT2D eigenvalue weighted by atomic mass is 10.1. The number of pyridine rings is 1. The summed E-state index contributed by atoms with van der Waals surface area (Å²) in [5.74, 6) is 6.86. The van der Waals surface area contributed by atoms with E-state index in [4.69, 9.17) is 21.1 Å². The highest BCUT2D eigenvalue weighted by atomic mass is 16.5. The quantitative estimate of drug-likeness (QED) is 0.326. The van der Waals surface area contributed by atoms with Crippen LogP contribution in [0.15, 0.2) is 60.7 Å². The molecule has 0 bridgehead atoms. The van der Waals surface area contributed by atoms with Crippen molar-refractivity contribution in [3.05, 3.63) is 66.2 Å². The van der Waals surface area contributed by atoms with Crippen LogP contribution in [0.2, 0.25) is 0 Å². The lowest BCUT2D eigenvalue weighted by Gasteiger charge is -2.25. The molecule has 4 rings (SSSR count). The smallest absolute Gasteiger partial charge is 0.255 e. The number of hydrogen-bond acceptors (Lipinski definition) is 7. The van der Waals surface area contributed by atoms with Gasteiger partial charge in [-0.25, -0.2) is 4.98 Å². The van der Waals surface area contributed by atoms with Crippen molar-refractivity contribution < 1.29 is 14.3 Å². The molecule has 8 nitrogen and oxygen atoms in total. The van der Waals surface area contributed by atoms with Crippen LogP contribution >= 0.6 is 0 Å². The zero-order valence-electron chi connectivity index (χ0n) is 17.0. The molecular formula is C23H25N5O3. The molecule has 1 aliphatic heterocycles. The van der Waals surface area contributed by atoms with E-state index in [1.165, 1.54) is 0 Å². The van der Waals surface area contributed by atoms with Gasteiger partial charge in [0, 0.05) is 22.7 Å². The van der Waals surface area contributed by atoms with Crippen LogP contribution < -0.4 is 27.1 Å². The average Bonchev–Trinajstić information content (AvgIpc) is 2.76. The Labute approximate surface area is 180 Å². The summed E-state index contributed by atoms with van der Waals surface area (Å²) in [6, 6.07) is 18.1. The van der Waals surface area contributed by atoms with Crippen LogP contribution in [0.3, 0.4) is 0 Å². The molecule has 1 fully saturated rings. The summed E-state index contributed by atoms with van der Waals surface area (Å²) in [7, 11) is 0. The van der Waals surface area contributed by atoms with Crippen LogP contribution in [0.5, 0.6) is 5.75 Å². The molecule has 2 heterocycles. The Hall–Kier alpha value is -3.62. The van der Waals surface area contributed by atoms with Gasteiger partial charge < -0.3 is 25.9 Å². The molecule has 31 heavy (non-hydrogen) atoms. The third-order valence-corrected chi connectivity index (χ3v) is 5.11. The van der Waals surface area contributed by atoms with Gasteiger partial charge in [0.15, 0.2) is 0 Å². The monoisotopic (exact) mass is 419 g/mol. The van der Waals surface area contributed by atoms with Crippen LogP contribution in [0.1, 0.15) is 16.8 Å². The number of nitrogens with zero attached hydrogens (tertiary/aromatic N) is 1. The highest BCUT2D eigenvalue weighted by Gasteiger charge is 2.17. The van der Waals surface area contributed by atoms with Crippen molar-refractivity contribution in [3.63, 3.8) is 0 Å². The molecule has 2 aromatic carbocycles. The predicted molar refractivity (Wildman–Crippen MR) is 121 cm³/mol. The molecular weight excluding hydrogens is 394 g/mol. The van der Waals surface area contributed by atoms with E-state index in [1.807, 2.05) is 30.3 Å². The van der Waals surface area contributed by atoms with Crippen LogP contribution in [0.25, 0.3) is 11.3 Å². The van der Waals surface area contributed by atoms with Crippen molar-refractivity contribution >= 4 is 23.1 Å². The second kappa shape index (κ2) is 9.46. The van der Waals surface area contributed by atoms with Crippen LogP contribution in [0, 0.1) is 5.92 Å². The Morgan fingerprint density at radius 1 is 1.13 bits per heavy atom. The number of hydrogen-bond donors (Lipinski definition) is 4. The maximum absolute atomic E-state index is 12.7.